The highest BCUT2D eigenvalue weighted by atomic mass is 35.5. The number of hydrogen-bond donors (Lipinski definition) is 1. The monoisotopic (exact) mass is 324 g/mol. The molecule has 22 heavy (non-hydrogen) atoms. The molecule has 0 saturated carbocycles. The van der Waals surface area contributed by atoms with Gasteiger partial charge >= 0.3 is 0 Å². The molecule has 1 heterocycles. The Morgan fingerprint density at radius 3 is 2.64 bits per heavy atom. The summed E-state index contributed by atoms with van der Waals surface area (Å²) in [6.07, 6.45) is 0.0243. The number of nitrogens with one attached hydrogen (secondary N) is 1. The molecule has 1 atom stereocenters. The van der Waals surface area contributed by atoms with E-state index in [1.165, 1.54) is 0 Å². The Kier molecular flexibility index (Phi) is 6.24. The van der Waals surface area contributed by atoms with Gasteiger partial charge in [-0.05, 0) is 32.0 Å². The highest BCUT2D eigenvalue weighted by Gasteiger charge is 2.23. The Hall–Kier alpha value is -1.10. The van der Waals surface area contributed by atoms with Crippen LogP contribution in [-0.2, 0) is 0 Å². The maximum Gasteiger partial charge on any atom is 0.170 e. The van der Waals surface area contributed by atoms with Crippen molar-refractivity contribution in [3.63, 3.8) is 0 Å². The molecule has 122 valence electrons. The Morgan fingerprint density at radius 1 is 1.32 bits per heavy atom. The zero-order valence-corrected chi connectivity index (χ0v) is 14.3. The number of piperazine rings is 1. The van der Waals surface area contributed by atoms with Crippen LogP contribution < -0.4 is 10.1 Å². The molecule has 2 rings (SSSR count). The normalized spacial score (nSPS) is 17.5. The molecule has 1 N–H and O–H groups in total. The van der Waals surface area contributed by atoms with Crippen LogP contribution in [0.5, 0.6) is 5.75 Å². The number of carbonyl (C=O) groups excluding carboxylic acids is 1. The summed E-state index contributed by atoms with van der Waals surface area (Å²) in [6, 6.07) is 5.26. The van der Waals surface area contributed by atoms with E-state index >= 15 is 0 Å². The summed E-state index contributed by atoms with van der Waals surface area (Å²) < 4.78 is 5.76. The molecule has 0 amide bonds. The van der Waals surface area contributed by atoms with Gasteiger partial charge in [-0.2, -0.15) is 0 Å². The lowest BCUT2D eigenvalue weighted by molar-refractivity contribution is 0.0881. The first-order valence-electron chi connectivity index (χ1n) is 7.91. The fraction of sp³-hybridized carbons (Fsp3) is 0.588. The lowest BCUT2D eigenvalue weighted by Crippen LogP contribution is -2.45. The lowest BCUT2D eigenvalue weighted by atomic mass is 9.97. The van der Waals surface area contributed by atoms with Gasteiger partial charge < -0.3 is 15.0 Å². The van der Waals surface area contributed by atoms with E-state index in [2.05, 4.69) is 10.2 Å². The smallest absolute Gasteiger partial charge is 0.170 e. The van der Waals surface area contributed by atoms with E-state index in [1.54, 1.807) is 18.2 Å². The minimum Gasteiger partial charge on any atom is -0.490 e. The first kappa shape index (κ1) is 17.3. The van der Waals surface area contributed by atoms with Crippen molar-refractivity contribution in [2.75, 3.05) is 32.7 Å². The average molecular weight is 325 g/mol. The van der Waals surface area contributed by atoms with Crippen molar-refractivity contribution in [1.82, 2.24) is 10.2 Å². The largest absolute Gasteiger partial charge is 0.490 e. The van der Waals surface area contributed by atoms with Gasteiger partial charge in [0.15, 0.2) is 5.78 Å². The van der Waals surface area contributed by atoms with Crippen molar-refractivity contribution >= 4 is 17.4 Å². The highest BCUT2D eigenvalue weighted by Crippen LogP contribution is 2.26. The first-order chi connectivity index (χ1) is 10.5. The van der Waals surface area contributed by atoms with Gasteiger partial charge in [0, 0.05) is 43.7 Å². The van der Waals surface area contributed by atoms with Gasteiger partial charge in [-0.3, -0.25) is 4.79 Å². The van der Waals surface area contributed by atoms with E-state index in [-0.39, 0.29) is 17.8 Å². The minimum absolute atomic E-state index is 0.0243. The second-order valence-corrected chi connectivity index (χ2v) is 6.56. The maximum atomic E-state index is 12.8. The van der Waals surface area contributed by atoms with Gasteiger partial charge in [0.25, 0.3) is 0 Å². The van der Waals surface area contributed by atoms with Crippen molar-refractivity contribution in [3.8, 4) is 5.75 Å². The summed E-state index contributed by atoms with van der Waals surface area (Å²) in [4.78, 5) is 15.1. The summed E-state index contributed by atoms with van der Waals surface area (Å²) >= 11 is 6.07. The van der Waals surface area contributed by atoms with E-state index < -0.39 is 0 Å². The molecule has 1 unspecified atom stereocenters. The molecule has 1 fully saturated rings. The van der Waals surface area contributed by atoms with Crippen LogP contribution in [0.1, 0.15) is 31.1 Å². The second-order valence-electron chi connectivity index (χ2n) is 6.12. The molecule has 0 radical (unpaired) electrons. The SMILES string of the molecule is CC(C)Oc1ccc(Cl)cc1C(=O)C(C)CN1CCNCC1. The fourth-order valence-electron chi connectivity index (χ4n) is 2.68. The number of ketones is 1. The third-order valence-corrected chi connectivity index (χ3v) is 3.99. The topological polar surface area (TPSA) is 41.6 Å². The third-order valence-electron chi connectivity index (χ3n) is 3.76. The molecule has 0 aliphatic carbocycles. The average Bonchev–Trinajstić information content (AvgIpc) is 2.49. The number of nitrogens with zero attached hydrogens (tertiary/aromatic N) is 1. The van der Waals surface area contributed by atoms with Crippen LogP contribution in [0.2, 0.25) is 5.02 Å². The van der Waals surface area contributed by atoms with Crippen LogP contribution in [-0.4, -0.2) is 49.5 Å². The molecule has 5 heteroatoms. The molecule has 1 saturated heterocycles. The molecule has 4 nitrogen and oxygen atoms in total. The van der Waals surface area contributed by atoms with Crippen LogP contribution in [0, 0.1) is 5.92 Å². The first-order valence-corrected chi connectivity index (χ1v) is 8.28. The minimum atomic E-state index is -0.0777. The summed E-state index contributed by atoms with van der Waals surface area (Å²) in [5.41, 5.74) is 0.587. The second kappa shape index (κ2) is 7.95. The molecule has 1 aromatic rings. The lowest BCUT2D eigenvalue weighted by Gasteiger charge is -2.29. The number of ether oxygens (including phenoxy) is 1. The zero-order valence-electron chi connectivity index (χ0n) is 13.6. The van der Waals surface area contributed by atoms with Crippen molar-refractivity contribution in [2.45, 2.75) is 26.9 Å². The van der Waals surface area contributed by atoms with E-state index in [9.17, 15) is 4.79 Å². The predicted molar refractivity (Wildman–Crippen MR) is 90.0 cm³/mol. The number of Topliss-reactive ketones (excluding diaryl/α,β-unsaturated/α-hetero) is 1. The number of benzene rings is 1. The molecule has 0 spiro atoms. The van der Waals surface area contributed by atoms with Gasteiger partial charge in [-0.25, -0.2) is 0 Å². The number of carbonyl (C=O) groups is 1. The van der Waals surface area contributed by atoms with Crippen LogP contribution in [0.3, 0.4) is 0 Å². The third kappa shape index (κ3) is 4.70. The summed E-state index contributed by atoms with van der Waals surface area (Å²) in [5, 5.41) is 3.89. The van der Waals surface area contributed by atoms with Gasteiger partial charge in [-0.15, -0.1) is 0 Å². The fourth-order valence-corrected chi connectivity index (χ4v) is 2.85. The van der Waals surface area contributed by atoms with E-state index in [1.807, 2.05) is 20.8 Å². The Bertz CT molecular complexity index is 513. The molecule has 0 bridgehead atoms. The molecular formula is C17H25ClN2O2. The Balaban J connectivity index is 2.11. The molecule has 1 aromatic carbocycles. The van der Waals surface area contributed by atoms with Crippen LogP contribution in [0.25, 0.3) is 0 Å². The zero-order chi connectivity index (χ0) is 16.1. The Labute approximate surface area is 137 Å². The highest BCUT2D eigenvalue weighted by molar-refractivity contribution is 6.31. The van der Waals surface area contributed by atoms with Crippen LogP contribution in [0.4, 0.5) is 0 Å². The molecule has 0 aromatic heterocycles. The van der Waals surface area contributed by atoms with Crippen molar-refractivity contribution in [2.24, 2.45) is 5.92 Å². The number of hydrogen-bond acceptors (Lipinski definition) is 4. The van der Waals surface area contributed by atoms with Crippen molar-refractivity contribution in [3.05, 3.63) is 28.8 Å². The standard InChI is InChI=1S/C17H25ClN2O2/c1-12(2)22-16-5-4-14(18)10-15(16)17(21)13(3)11-20-8-6-19-7-9-20/h4-5,10,12-13,19H,6-9,11H2,1-3H3. The molecular weight excluding hydrogens is 300 g/mol. The molecule has 1 aliphatic heterocycles. The summed E-state index contributed by atoms with van der Waals surface area (Å²) in [5.74, 6) is 0.638. The van der Waals surface area contributed by atoms with E-state index in [0.717, 1.165) is 32.7 Å². The Morgan fingerprint density at radius 2 is 2.00 bits per heavy atom. The van der Waals surface area contributed by atoms with Crippen LogP contribution >= 0.6 is 11.6 Å². The van der Waals surface area contributed by atoms with Gasteiger partial charge in [0.1, 0.15) is 5.75 Å². The predicted octanol–water partition coefficient (Wildman–Crippen LogP) is 2.85. The van der Waals surface area contributed by atoms with Gasteiger partial charge in [0.05, 0.1) is 11.7 Å². The van der Waals surface area contributed by atoms with Gasteiger partial charge in [-0.1, -0.05) is 18.5 Å². The van der Waals surface area contributed by atoms with Crippen LogP contribution in [0.15, 0.2) is 18.2 Å². The van der Waals surface area contributed by atoms with E-state index in [4.69, 9.17) is 16.3 Å². The van der Waals surface area contributed by atoms with E-state index in [0.29, 0.717) is 16.3 Å². The number of rotatable bonds is 6. The summed E-state index contributed by atoms with van der Waals surface area (Å²) in [7, 11) is 0. The maximum absolute atomic E-state index is 12.8. The number of halogens is 1. The van der Waals surface area contributed by atoms with Gasteiger partial charge in [0.2, 0.25) is 0 Å². The quantitative estimate of drug-likeness (QED) is 0.817. The summed E-state index contributed by atoms with van der Waals surface area (Å²) in [6.45, 7) is 10.6. The van der Waals surface area contributed by atoms with Crippen molar-refractivity contribution < 1.29 is 9.53 Å². The molecule has 1 aliphatic rings. The van der Waals surface area contributed by atoms with Crippen molar-refractivity contribution in [1.29, 1.82) is 0 Å².